The molecule has 0 atom stereocenters. The van der Waals surface area contributed by atoms with Gasteiger partial charge in [-0.2, -0.15) is 4.98 Å². The highest BCUT2D eigenvalue weighted by atomic mass is 32.1. The number of pyridine rings is 1. The Bertz CT molecular complexity index is 755. The summed E-state index contributed by atoms with van der Waals surface area (Å²) in [4.78, 5) is 4.21. The summed E-state index contributed by atoms with van der Waals surface area (Å²) in [6.45, 7) is 0.660. The normalized spacial score (nSPS) is 10.0. The molecule has 2 N–H and O–H groups in total. The fraction of sp³-hybridized carbons (Fsp3) is 0.333. The Labute approximate surface area is 158 Å². The zero-order valence-electron chi connectivity index (χ0n) is 15.3. The highest BCUT2D eigenvalue weighted by Gasteiger charge is 2.09. The van der Waals surface area contributed by atoms with Crippen LogP contribution in [-0.2, 0) is 6.42 Å². The molecule has 2 rings (SSSR count). The number of hydrogen-bond donors (Lipinski definition) is 2. The minimum Gasteiger partial charge on any atom is -0.493 e. The second-order valence-electron chi connectivity index (χ2n) is 5.23. The summed E-state index contributed by atoms with van der Waals surface area (Å²) in [6, 6.07) is 9.37. The van der Waals surface area contributed by atoms with E-state index in [9.17, 15) is 0 Å². The van der Waals surface area contributed by atoms with Gasteiger partial charge in [-0.05, 0) is 42.4 Å². The number of thiocarbonyl (C=S) groups is 1. The lowest BCUT2D eigenvalue weighted by atomic mass is 10.1. The van der Waals surface area contributed by atoms with Crippen LogP contribution in [0.2, 0.25) is 0 Å². The fourth-order valence-electron chi connectivity index (χ4n) is 2.31. The van der Waals surface area contributed by atoms with Gasteiger partial charge in [0, 0.05) is 12.6 Å². The summed E-state index contributed by atoms with van der Waals surface area (Å²) in [5, 5.41) is 6.71. The van der Waals surface area contributed by atoms with Crippen molar-refractivity contribution < 1.29 is 18.9 Å². The van der Waals surface area contributed by atoms with Gasteiger partial charge in [0.05, 0.1) is 28.4 Å². The van der Waals surface area contributed by atoms with Crippen LogP contribution < -0.4 is 29.6 Å². The van der Waals surface area contributed by atoms with E-state index in [4.69, 9.17) is 31.2 Å². The summed E-state index contributed by atoms with van der Waals surface area (Å²) < 4.78 is 20.9. The van der Waals surface area contributed by atoms with Crippen LogP contribution in [0.15, 0.2) is 30.3 Å². The van der Waals surface area contributed by atoms with Crippen molar-refractivity contribution in [2.45, 2.75) is 6.42 Å². The lowest BCUT2D eigenvalue weighted by molar-refractivity contribution is 0.354. The van der Waals surface area contributed by atoms with Gasteiger partial charge in [-0.25, -0.2) is 0 Å². The van der Waals surface area contributed by atoms with Crippen LogP contribution in [0.25, 0.3) is 0 Å². The van der Waals surface area contributed by atoms with Crippen molar-refractivity contribution in [2.75, 3.05) is 40.3 Å². The van der Waals surface area contributed by atoms with Gasteiger partial charge in [0.2, 0.25) is 11.8 Å². The summed E-state index contributed by atoms with van der Waals surface area (Å²) in [5.74, 6) is 2.30. The highest BCUT2D eigenvalue weighted by molar-refractivity contribution is 7.80. The summed E-state index contributed by atoms with van der Waals surface area (Å²) in [6.07, 6.45) is 0.778. The van der Waals surface area contributed by atoms with Crippen molar-refractivity contribution in [3.63, 3.8) is 0 Å². The maximum atomic E-state index is 5.33. The van der Waals surface area contributed by atoms with Gasteiger partial charge in [0.1, 0.15) is 5.69 Å². The SMILES string of the molecule is COc1ccc(NC(=S)NCCc2ccc(OC)c(OC)c2)c(OC)n1. The summed E-state index contributed by atoms with van der Waals surface area (Å²) in [5.41, 5.74) is 1.78. The van der Waals surface area contributed by atoms with Crippen LogP contribution in [-0.4, -0.2) is 45.1 Å². The van der Waals surface area contributed by atoms with Gasteiger partial charge in [-0.3, -0.25) is 0 Å². The van der Waals surface area contributed by atoms with Gasteiger partial charge in [-0.1, -0.05) is 6.07 Å². The molecular weight excluding hydrogens is 354 g/mol. The number of nitrogens with zero attached hydrogens (tertiary/aromatic N) is 1. The number of methoxy groups -OCH3 is 4. The molecule has 0 aliphatic carbocycles. The number of aromatic nitrogens is 1. The zero-order chi connectivity index (χ0) is 18.9. The molecule has 140 valence electrons. The molecule has 0 aliphatic rings. The minimum atomic E-state index is 0.411. The van der Waals surface area contributed by atoms with Crippen molar-refractivity contribution in [2.24, 2.45) is 0 Å². The molecule has 1 heterocycles. The van der Waals surface area contributed by atoms with Crippen molar-refractivity contribution >= 4 is 23.0 Å². The van der Waals surface area contributed by atoms with E-state index < -0.39 is 0 Å². The van der Waals surface area contributed by atoms with Crippen LogP contribution in [0.1, 0.15) is 5.56 Å². The summed E-state index contributed by atoms with van der Waals surface area (Å²) >= 11 is 5.33. The van der Waals surface area contributed by atoms with E-state index in [1.165, 1.54) is 0 Å². The van der Waals surface area contributed by atoms with Crippen molar-refractivity contribution in [1.82, 2.24) is 10.3 Å². The molecule has 0 spiro atoms. The molecule has 0 amide bonds. The molecule has 0 radical (unpaired) electrons. The Morgan fingerprint density at radius 3 is 2.38 bits per heavy atom. The predicted molar refractivity (Wildman–Crippen MR) is 105 cm³/mol. The minimum absolute atomic E-state index is 0.411. The van der Waals surface area contributed by atoms with E-state index >= 15 is 0 Å². The fourth-order valence-corrected chi connectivity index (χ4v) is 2.52. The molecule has 0 saturated carbocycles. The number of rotatable bonds is 8. The first kappa shape index (κ1) is 19.6. The van der Waals surface area contributed by atoms with Crippen LogP contribution in [0.4, 0.5) is 5.69 Å². The Morgan fingerprint density at radius 2 is 1.73 bits per heavy atom. The molecule has 8 heteroatoms. The van der Waals surface area contributed by atoms with Gasteiger partial charge in [0.25, 0.3) is 0 Å². The zero-order valence-corrected chi connectivity index (χ0v) is 16.1. The number of hydrogen-bond acceptors (Lipinski definition) is 6. The molecular formula is C18H23N3O4S. The largest absolute Gasteiger partial charge is 0.493 e. The lowest BCUT2D eigenvalue weighted by Gasteiger charge is -2.14. The third kappa shape index (κ3) is 5.13. The van der Waals surface area contributed by atoms with Gasteiger partial charge in [0.15, 0.2) is 16.6 Å². The molecule has 2 aromatic rings. The Kier molecular flexibility index (Phi) is 7.28. The first-order valence-electron chi connectivity index (χ1n) is 7.96. The molecule has 7 nitrogen and oxygen atoms in total. The standard InChI is InChI=1S/C18H23N3O4S/c1-22-14-7-5-12(11-15(14)23-2)9-10-19-18(26)20-13-6-8-16(24-3)21-17(13)25-4/h5-8,11H,9-10H2,1-4H3,(H2,19,20,26). The third-order valence-corrected chi connectivity index (χ3v) is 3.88. The lowest BCUT2D eigenvalue weighted by Crippen LogP contribution is -2.30. The topological polar surface area (TPSA) is 73.9 Å². The molecule has 1 aromatic carbocycles. The number of nitrogens with one attached hydrogen (secondary N) is 2. The molecule has 0 aliphatic heterocycles. The molecule has 0 saturated heterocycles. The molecule has 0 bridgehead atoms. The first-order chi connectivity index (χ1) is 12.6. The number of anilines is 1. The third-order valence-electron chi connectivity index (χ3n) is 3.63. The Morgan fingerprint density at radius 1 is 0.962 bits per heavy atom. The van der Waals surface area contributed by atoms with E-state index in [1.54, 1.807) is 40.6 Å². The maximum absolute atomic E-state index is 5.33. The smallest absolute Gasteiger partial charge is 0.240 e. The van der Waals surface area contributed by atoms with E-state index in [2.05, 4.69) is 15.6 Å². The second-order valence-corrected chi connectivity index (χ2v) is 5.64. The average molecular weight is 377 g/mol. The van der Waals surface area contributed by atoms with Gasteiger partial charge < -0.3 is 29.6 Å². The van der Waals surface area contributed by atoms with E-state index in [0.717, 1.165) is 12.0 Å². The van der Waals surface area contributed by atoms with E-state index in [1.807, 2.05) is 18.2 Å². The van der Waals surface area contributed by atoms with E-state index in [0.29, 0.717) is 40.6 Å². The van der Waals surface area contributed by atoms with Gasteiger partial charge in [-0.15, -0.1) is 0 Å². The maximum Gasteiger partial charge on any atom is 0.240 e. The average Bonchev–Trinajstić information content (AvgIpc) is 2.68. The summed E-state index contributed by atoms with van der Waals surface area (Å²) in [7, 11) is 6.33. The Hall–Kier alpha value is -2.74. The van der Waals surface area contributed by atoms with Crippen LogP contribution in [0, 0.1) is 0 Å². The Balaban J connectivity index is 1.89. The monoisotopic (exact) mass is 377 g/mol. The number of ether oxygens (including phenoxy) is 4. The molecule has 26 heavy (non-hydrogen) atoms. The van der Waals surface area contributed by atoms with Crippen molar-refractivity contribution in [1.29, 1.82) is 0 Å². The number of benzene rings is 1. The van der Waals surface area contributed by atoms with Gasteiger partial charge >= 0.3 is 0 Å². The molecule has 1 aromatic heterocycles. The van der Waals surface area contributed by atoms with Crippen molar-refractivity contribution in [3.05, 3.63) is 35.9 Å². The quantitative estimate of drug-likeness (QED) is 0.680. The molecule has 0 unspecified atom stereocenters. The highest BCUT2D eigenvalue weighted by Crippen LogP contribution is 2.27. The molecule has 0 fully saturated rings. The predicted octanol–water partition coefficient (Wildman–Crippen LogP) is 2.65. The van der Waals surface area contributed by atoms with Crippen LogP contribution in [0.3, 0.4) is 0 Å². The second kappa shape index (κ2) is 9.67. The first-order valence-corrected chi connectivity index (χ1v) is 8.36. The van der Waals surface area contributed by atoms with Crippen LogP contribution in [0.5, 0.6) is 23.3 Å². The van der Waals surface area contributed by atoms with Crippen LogP contribution >= 0.6 is 12.2 Å². The van der Waals surface area contributed by atoms with E-state index in [-0.39, 0.29) is 0 Å². The van der Waals surface area contributed by atoms with Crippen molar-refractivity contribution in [3.8, 4) is 23.3 Å².